The van der Waals surface area contributed by atoms with Crippen molar-refractivity contribution in [3.8, 4) is 0 Å². The smallest absolute Gasteiger partial charge is 0.253 e. The predicted molar refractivity (Wildman–Crippen MR) is 92.5 cm³/mol. The lowest BCUT2D eigenvalue weighted by Crippen LogP contribution is -2.31. The fraction of sp³-hybridized carbons (Fsp3) is 0.368. The van der Waals surface area contributed by atoms with Gasteiger partial charge in [-0.2, -0.15) is 0 Å². The molecule has 0 bridgehead atoms. The number of hydrogen-bond donors (Lipinski definition) is 1. The molecule has 0 atom stereocenters. The van der Waals surface area contributed by atoms with Gasteiger partial charge < -0.3 is 10.2 Å². The Morgan fingerprint density at radius 1 is 1.26 bits per heavy atom. The normalized spacial score (nSPS) is 13.9. The minimum absolute atomic E-state index is 0.0229. The molecule has 1 aliphatic carbocycles. The van der Waals surface area contributed by atoms with Gasteiger partial charge in [0, 0.05) is 24.8 Å². The molecule has 1 N–H and O–H groups in total. The second-order valence-electron chi connectivity index (χ2n) is 6.39. The van der Waals surface area contributed by atoms with E-state index in [0.29, 0.717) is 17.6 Å². The number of nitrogens with one attached hydrogen (secondary N) is 1. The van der Waals surface area contributed by atoms with Crippen molar-refractivity contribution in [1.82, 2.24) is 10.3 Å². The highest BCUT2D eigenvalue weighted by molar-refractivity contribution is 5.95. The molecule has 4 nitrogen and oxygen atoms in total. The summed E-state index contributed by atoms with van der Waals surface area (Å²) in [5.41, 5.74) is 2.86. The minimum Gasteiger partial charge on any atom is -0.364 e. The third kappa shape index (κ3) is 4.09. The summed E-state index contributed by atoms with van der Waals surface area (Å²) in [5, 5.41) is 3.02. The van der Waals surface area contributed by atoms with Crippen molar-refractivity contribution in [3.63, 3.8) is 0 Å². The van der Waals surface area contributed by atoms with Crippen molar-refractivity contribution in [2.45, 2.75) is 45.3 Å². The molecule has 120 valence electrons. The lowest BCUT2D eigenvalue weighted by molar-refractivity contribution is 0.0950. The number of pyridine rings is 1. The topological polar surface area (TPSA) is 45.2 Å². The molecule has 1 amide bonds. The fourth-order valence-electron chi connectivity index (χ4n) is 2.56. The molecule has 2 aromatic rings. The molecule has 0 saturated heterocycles. The summed E-state index contributed by atoms with van der Waals surface area (Å²) in [5.74, 6) is -0.0229. The number of rotatable bonds is 6. The Kier molecular flexibility index (Phi) is 4.60. The Morgan fingerprint density at radius 3 is 2.65 bits per heavy atom. The highest BCUT2D eigenvalue weighted by Gasteiger charge is 2.24. The van der Waals surface area contributed by atoms with E-state index in [2.05, 4.69) is 41.2 Å². The Balaban J connectivity index is 1.80. The third-order valence-electron chi connectivity index (χ3n) is 4.05. The third-order valence-corrected chi connectivity index (χ3v) is 4.05. The number of carbonyl (C=O) groups excluding carboxylic acids is 1. The number of benzene rings is 1. The summed E-state index contributed by atoms with van der Waals surface area (Å²) < 4.78 is 0. The molecule has 4 heteroatoms. The van der Waals surface area contributed by atoms with Gasteiger partial charge in [0.1, 0.15) is 0 Å². The zero-order chi connectivity index (χ0) is 16.2. The molecular formula is C19H23N3O. The van der Waals surface area contributed by atoms with Crippen molar-refractivity contribution in [3.05, 3.63) is 59.9 Å². The number of anilines is 1. The summed E-state index contributed by atoms with van der Waals surface area (Å²) >= 11 is 0. The molecule has 1 aromatic carbocycles. The van der Waals surface area contributed by atoms with Gasteiger partial charge in [0.15, 0.2) is 0 Å². The molecule has 1 heterocycles. The van der Waals surface area contributed by atoms with Crippen LogP contribution in [0.4, 0.5) is 5.69 Å². The first-order chi connectivity index (χ1) is 11.1. The van der Waals surface area contributed by atoms with Crippen LogP contribution in [-0.2, 0) is 6.54 Å². The largest absolute Gasteiger partial charge is 0.364 e. The first kappa shape index (κ1) is 15.5. The van der Waals surface area contributed by atoms with Crippen LogP contribution in [0.1, 0.15) is 42.6 Å². The Morgan fingerprint density at radius 2 is 2.00 bits per heavy atom. The zero-order valence-electron chi connectivity index (χ0n) is 13.7. The first-order valence-electron chi connectivity index (χ1n) is 8.20. The molecule has 0 radical (unpaired) electrons. The quantitative estimate of drug-likeness (QED) is 0.889. The van der Waals surface area contributed by atoms with Gasteiger partial charge in [-0.15, -0.1) is 0 Å². The van der Waals surface area contributed by atoms with Crippen LogP contribution < -0.4 is 10.2 Å². The van der Waals surface area contributed by atoms with Crippen LogP contribution in [0.15, 0.2) is 48.8 Å². The summed E-state index contributed by atoms with van der Waals surface area (Å²) in [6.07, 6.45) is 5.65. The average molecular weight is 309 g/mol. The zero-order valence-corrected chi connectivity index (χ0v) is 13.7. The molecule has 0 aliphatic heterocycles. The van der Waals surface area contributed by atoms with E-state index >= 15 is 0 Å². The van der Waals surface area contributed by atoms with E-state index in [1.807, 2.05) is 30.5 Å². The molecule has 1 aromatic heterocycles. The van der Waals surface area contributed by atoms with Crippen molar-refractivity contribution in [1.29, 1.82) is 0 Å². The fourth-order valence-corrected chi connectivity index (χ4v) is 2.56. The number of hydrogen-bond acceptors (Lipinski definition) is 3. The monoisotopic (exact) mass is 309 g/mol. The van der Waals surface area contributed by atoms with Crippen LogP contribution in [0.25, 0.3) is 0 Å². The van der Waals surface area contributed by atoms with E-state index in [9.17, 15) is 4.79 Å². The van der Waals surface area contributed by atoms with E-state index in [1.165, 1.54) is 5.56 Å². The second kappa shape index (κ2) is 6.82. The molecule has 1 aliphatic rings. The Labute approximate surface area is 137 Å². The van der Waals surface area contributed by atoms with E-state index in [-0.39, 0.29) is 5.91 Å². The van der Waals surface area contributed by atoms with Crippen molar-refractivity contribution in [2.24, 2.45) is 0 Å². The number of aromatic nitrogens is 1. The maximum atomic E-state index is 12.2. The second-order valence-corrected chi connectivity index (χ2v) is 6.39. The summed E-state index contributed by atoms with van der Waals surface area (Å²) in [6, 6.07) is 13.0. The average Bonchev–Trinajstić information content (AvgIpc) is 3.37. The van der Waals surface area contributed by atoms with Gasteiger partial charge in [0.2, 0.25) is 0 Å². The standard InChI is InChI=1S/C19H23N3O/c1-14(2)22(13-15-6-4-3-5-7-15)18-10-16(11-20-12-18)19(23)21-17-8-9-17/h3-7,10-12,14,17H,8-9,13H2,1-2H3,(H,21,23). The van der Waals surface area contributed by atoms with Crippen LogP contribution in [0.5, 0.6) is 0 Å². The van der Waals surface area contributed by atoms with Crippen molar-refractivity contribution < 1.29 is 4.79 Å². The van der Waals surface area contributed by atoms with Gasteiger partial charge in [-0.3, -0.25) is 9.78 Å². The van der Waals surface area contributed by atoms with Crippen LogP contribution in [0.2, 0.25) is 0 Å². The lowest BCUT2D eigenvalue weighted by atomic mass is 10.1. The number of nitrogens with zero attached hydrogens (tertiary/aromatic N) is 2. The highest BCUT2D eigenvalue weighted by atomic mass is 16.1. The Bertz CT molecular complexity index is 665. The molecule has 23 heavy (non-hydrogen) atoms. The lowest BCUT2D eigenvalue weighted by Gasteiger charge is -2.29. The predicted octanol–water partition coefficient (Wildman–Crippen LogP) is 3.39. The van der Waals surface area contributed by atoms with Gasteiger partial charge in [0.25, 0.3) is 5.91 Å². The van der Waals surface area contributed by atoms with E-state index < -0.39 is 0 Å². The van der Waals surface area contributed by atoms with Gasteiger partial charge in [-0.25, -0.2) is 0 Å². The maximum absolute atomic E-state index is 12.2. The molecule has 0 unspecified atom stereocenters. The van der Waals surface area contributed by atoms with Gasteiger partial charge in [-0.1, -0.05) is 30.3 Å². The summed E-state index contributed by atoms with van der Waals surface area (Å²) in [6.45, 7) is 5.10. The summed E-state index contributed by atoms with van der Waals surface area (Å²) in [7, 11) is 0. The minimum atomic E-state index is -0.0229. The maximum Gasteiger partial charge on any atom is 0.253 e. The van der Waals surface area contributed by atoms with Gasteiger partial charge in [-0.05, 0) is 38.3 Å². The van der Waals surface area contributed by atoms with Crippen LogP contribution >= 0.6 is 0 Å². The van der Waals surface area contributed by atoms with Crippen LogP contribution in [-0.4, -0.2) is 23.0 Å². The first-order valence-corrected chi connectivity index (χ1v) is 8.20. The summed E-state index contributed by atoms with van der Waals surface area (Å²) in [4.78, 5) is 18.8. The van der Waals surface area contributed by atoms with Crippen molar-refractivity contribution in [2.75, 3.05) is 4.90 Å². The molecule has 3 rings (SSSR count). The molecule has 0 spiro atoms. The molecule has 1 fully saturated rings. The van der Waals surface area contributed by atoms with Crippen LogP contribution in [0, 0.1) is 0 Å². The van der Waals surface area contributed by atoms with Crippen LogP contribution in [0.3, 0.4) is 0 Å². The van der Waals surface area contributed by atoms with Crippen molar-refractivity contribution >= 4 is 11.6 Å². The molecule has 1 saturated carbocycles. The number of carbonyl (C=O) groups is 1. The van der Waals surface area contributed by atoms with Gasteiger partial charge >= 0.3 is 0 Å². The van der Waals surface area contributed by atoms with E-state index in [1.54, 1.807) is 6.20 Å². The highest BCUT2D eigenvalue weighted by Crippen LogP contribution is 2.22. The van der Waals surface area contributed by atoms with E-state index in [0.717, 1.165) is 25.1 Å². The van der Waals surface area contributed by atoms with E-state index in [4.69, 9.17) is 0 Å². The molecular weight excluding hydrogens is 286 g/mol. The SMILES string of the molecule is CC(C)N(Cc1ccccc1)c1cncc(C(=O)NC2CC2)c1. The number of amides is 1. The van der Waals surface area contributed by atoms with Gasteiger partial charge in [0.05, 0.1) is 17.4 Å². The Hall–Kier alpha value is -2.36.